The van der Waals surface area contributed by atoms with Gasteiger partial charge in [-0.1, -0.05) is 36.4 Å². The SMILES string of the molecule is O=C(CN1CCN(S(=O)(=O)c2cccs2)CC1)NCCCc1ccccc1. The Balaban J connectivity index is 1.36. The zero-order valence-corrected chi connectivity index (χ0v) is 16.8. The molecule has 27 heavy (non-hydrogen) atoms. The van der Waals surface area contributed by atoms with E-state index in [1.165, 1.54) is 21.2 Å². The first-order valence-electron chi connectivity index (χ1n) is 9.12. The average Bonchev–Trinajstić information content (AvgIpc) is 3.22. The lowest BCUT2D eigenvalue weighted by molar-refractivity contribution is -0.122. The van der Waals surface area contributed by atoms with Gasteiger partial charge in [-0.25, -0.2) is 8.42 Å². The number of nitrogens with zero attached hydrogens (tertiary/aromatic N) is 2. The minimum atomic E-state index is -3.39. The van der Waals surface area contributed by atoms with Crippen molar-refractivity contribution in [2.24, 2.45) is 0 Å². The normalized spacial score (nSPS) is 16.3. The highest BCUT2D eigenvalue weighted by molar-refractivity contribution is 7.91. The number of sulfonamides is 1. The number of thiophene rings is 1. The Morgan fingerprint density at radius 2 is 1.78 bits per heavy atom. The van der Waals surface area contributed by atoms with Crippen LogP contribution in [0.2, 0.25) is 0 Å². The minimum Gasteiger partial charge on any atom is -0.355 e. The van der Waals surface area contributed by atoms with Crippen LogP contribution in [0.3, 0.4) is 0 Å². The van der Waals surface area contributed by atoms with Gasteiger partial charge >= 0.3 is 0 Å². The molecule has 2 aromatic rings. The van der Waals surface area contributed by atoms with E-state index in [4.69, 9.17) is 0 Å². The van der Waals surface area contributed by atoms with E-state index < -0.39 is 10.0 Å². The van der Waals surface area contributed by atoms with Crippen molar-refractivity contribution in [3.05, 3.63) is 53.4 Å². The summed E-state index contributed by atoms with van der Waals surface area (Å²) in [5, 5.41) is 4.72. The molecule has 2 heterocycles. The Labute approximate surface area is 164 Å². The van der Waals surface area contributed by atoms with Gasteiger partial charge in [-0.2, -0.15) is 4.31 Å². The van der Waals surface area contributed by atoms with Crippen molar-refractivity contribution in [1.29, 1.82) is 0 Å². The van der Waals surface area contributed by atoms with Crippen LogP contribution in [-0.4, -0.2) is 62.8 Å². The van der Waals surface area contributed by atoms with Gasteiger partial charge in [-0.3, -0.25) is 9.69 Å². The maximum Gasteiger partial charge on any atom is 0.252 e. The Morgan fingerprint density at radius 1 is 1.04 bits per heavy atom. The number of aryl methyl sites for hydroxylation is 1. The molecule has 1 amide bonds. The molecule has 0 atom stereocenters. The van der Waals surface area contributed by atoms with Gasteiger partial charge in [-0.15, -0.1) is 11.3 Å². The lowest BCUT2D eigenvalue weighted by atomic mass is 10.1. The Morgan fingerprint density at radius 3 is 2.44 bits per heavy atom. The zero-order chi connectivity index (χ0) is 19.1. The quantitative estimate of drug-likeness (QED) is 0.678. The number of piperazine rings is 1. The molecule has 146 valence electrons. The summed E-state index contributed by atoms with van der Waals surface area (Å²) >= 11 is 1.24. The minimum absolute atomic E-state index is 0.00220. The number of carbonyl (C=O) groups excluding carboxylic acids is 1. The van der Waals surface area contributed by atoms with E-state index in [1.54, 1.807) is 17.5 Å². The van der Waals surface area contributed by atoms with E-state index in [0.29, 0.717) is 43.5 Å². The third-order valence-electron chi connectivity index (χ3n) is 4.59. The summed E-state index contributed by atoms with van der Waals surface area (Å²) in [7, 11) is -3.39. The second-order valence-corrected chi connectivity index (χ2v) is 9.66. The molecule has 1 aliphatic rings. The fourth-order valence-corrected chi connectivity index (χ4v) is 5.66. The van der Waals surface area contributed by atoms with Crippen LogP contribution in [0.1, 0.15) is 12.0 Å². The Bertz CT molecular complexity index is 815. The number of benzene rings is 1. The highest BCUT2D eigenvalue weighted by atomic mass is 32.2. The largest absolute Gasteiger partial charge is 0.355 e. The summed E-state index contributed by atoms with van der Waals surface area (Å²) < 4.78 is 26.9. The van der Waals surface area contributed by atoms with Crippen molar-refractivity contribution in [1.82, 2.24) is 14.5 Å². The van der Waals surface area contributed by atoms with E-state index in [-0.39, 0.29) is 5.91 Å². The Kier molecular flexibility index (Phi) is 7.01. The van der Waals surface area contributed by atoms with Gasteiger partial charge in [-0.05, 0) is 29.9 Å². The molecule has 1 fully saturated rings. The smallest absolute Gasteiger partial charge is 0.252 e. The number of hydrogen-bond acceptors (Lipinski definition) is 5. The van der Waals surface area contributed by atoms with Gasteiger partial charge in [0.25, 0.3) is 10.0 Å². The van der Waals surface area contributed by atoms with Crippen LogP contribution in [0.15, 0.2) is 52.1 Å². The second kappa shape index (κ2) is 9.45. The summed E-state index contributed by atoms with van der Waals surface area (Å²) in [6.45, 7) is 2.95. The third kappa shape index (κ3) is 5.62. The Hall–Kier alpha value is -1.74. The number of hydrogen-bond donors (Lipinski definition) is 1. The van der Waals surface area contributed by atoms with Crippen LogP contribution < -0.4 is 5.32 Å². The molecular weight excluding hydrogens is 382 g/mol. The van der Waals surface area contributed by atoms with Crippen LogP contribution in [0.4, 0.5) is 0 Å². The monoisotopic (exact) mass is 407 g/mol. The van der Waals surface area contributed by atoms with Gasteiger partial charge < -0.3 is 5.32 Å². The van der Waals surface area contributed by atoms with Crippen molar-refractivity contribution < 1.29 is 13.2 Å². The molecule has 0 aliphatic carbocycles. The summed E-state index contributed by atoms with van der Waals surface area (Å²) in [5.41, 5.74) is 1.27. The molecule has 1 aromatic heterocycles. The van der Waals surface area contributed by atoms with Crippen LogP contribution in [0.25, 0.3) is 0 Å². The van der Waals surface area contributed by atoms with Crippen molar-refractivity contribution in [3.8, 4) is 0 Å². The number of carbonyl (C=O) groups is 1. The van der Waals surface area contributed by atoms with Gasteiger partial charge in [0.05, 0.1) is 6.54 Å². The van der Waals surface area contributed by atoms with Gasteiger partial charge in [0.1, 0.15) is 4.21 Å². The lowest BCUT2D eigenvalue weighted by Crippen LogP contribution is -2.51. The maximum absolute atomic E-state index is 12.5. The highest BCUT2D eigenvalue weighted by Crippen LogP contribution is 2.21. The molecule has 0 unspecified atom stereocenters. The predicted molar refractivity (Wildman–Crippen MR) is 107 cm³/mol. The van der Waals surface area contributed by atoms with E-state index in [0.717, 1.165) is 12.8 Å². The summed E-state index contributed by atoms with van der Waals surface area (Å²) in [6.07, 6.45) is 1.85. The molecule has 1 aromatic carbocycles. The predicted octanol–water partition coefficient (Wildman–Crippen LogP) is 1.80. The molecule has 1 saturated heterocycles. The van der Waals surface area contributed by atoms with E-state index >= 15 is 0 Å². The summed E-state index contributed by atoms with van der Waals surface area (Å²) in [4.78, 5) is 14.1. The third-order valence-corrected chi connectivity index (χ3v) is 7.87. The van der Waals surface area contributed by atoms with Gasteiger partial charge in [0.15, 0.2) is 0 Å². The topological polar surface area (TPSA) is 69.7 Å². The molecule has 0 radical (unpaired) electrons. The van der Waals surface area contributed by atoms with E-state index in [1.807, 2.05) is 23.1 Å². The molecule has 0 spiro atoms. The molecule has 8 heteroatoms. The molecule has 6 nitrogen and oxygen atoms in total. The van der Waals surface area contributed by atoms with Gasteiger partial charge in [0, 0.05) is 32.7 Å². The molecule has 0 bridgehead atoms. The number of nitrogens with one attached hydrogen (secondary N) is 1. The zero-order valence-electron chi connectivity index (χ0n) is 15.2. The first kappa shape index (κ1) is 20.0. The van der Waals surface area contributed by atoms with Crippen LogP contribution in [0, 0.1) is 0 Å². The second-order valence-electron chi connectivity index (χ2n) is 6.55. The van der Waals surface area contributed by atoms with Crippen LogP contribution in [-0.2, 0) is 21.2 Å². The molecule has 1 aliphatic heterocycles. The molecule has 1 N–H and O–H groups in total. The van der Waals surface area contributed by atoms with Crippen molar-refractivity contribution in [2.75, 3.05) is 39.3 Å². The fourth-order valence-electron chi connectivity index (χ4n) is 3.09. The van der Waals surface area contributed by atoms with Crippen molar-refractivity contribution in [3.63, 3.8) is 0 Å². The fraction of sp³-hybridized carbons (Fsp3) is 0.421. The van der Waals surface area contributed by atoms with Crippen molar-refractivity contribution >= 4 is 27.3 Å². The summed E-state index contributed by atoms with van der Waals surface area (Å²) in [5.74, 6) is -0.00220. The van der Waals surface area contributed by atoms with E-state index in [9.17, 15) is 13.2 Å². The first-order chi connectivity index (χ1) is 13.1. The number of rotatable bonds is 8. The van der Waals surface area contributed by atoms with Crippen molar-refractivity contribution in [2.45, 2.75) is 17.1 Å². The maximum atomic E-state index is 12.5. The highest BCUT2D eigenvalue weighted by Gasteiger charge is 2.29. The lowest BCUT2D eigenvalue weighted by Gasteiger charge is -2.33. The summed E-state index contributed by atoms with van der Waals surface area (Å²) in [6, 6.07) is 13.6. The van der Waals surface area contributed by atoms with Crippen LogP contribution >= 0.6 is 11.3 Å². The van der Waals surface area contributed by atoms with E-state index in [2.05, 4.69) is 17.4 Å². The molecule has 0 saturated carbocycles. The average molecular weight is 408 g/mol. The van der Waals surface area contributed by atoms with Crippen LogP contribution in [0.5, 0.6) is 0 Å². The molecule has 3 rings (SSSR count). The van der Waals surface area contributed by atoms with Gasteiger partial charge in [0.2, 0.25) is 5.91 Å². The standard InChI is InChI=1S/C19H25N3O3S2/c23-18(20-10-4-8-17-6-2-1-3-7-17)16-21-11-13-22(14-12-21)27(24,25)19-9-5-15-26-19/h1-3,5-7,9,15H,4,8,10-14,16H2,(H,20,23). The number of amides is 1. The molecular formula is C19H25N3O3S2. The first-order valence-corrected chi connectivity index (χ1v) is 11.4.